The summed E-state index contributed by atoms with van der Waals surface area (Å²) in [4.78, 5) is 0. The highest BCUT2D eigenvalue weighted by Gasteiger charge is 2.20. The molecule has 3 aromatic carbocycles. The molecule has 0 unspecified atom stereocenters. The van der Waals surface area contributed by atoms with Crippen molar-refractivity contribution >= 4 is 0 Å². The normalized spacial score (nSPS) is 11.1. The Kier molecular flexibility index (Phi) is 6.90. The average molecular weight is 456 g/mol. The lowest BCUT2D eigenvalue weighted by molar-refractivity contribution is 0.274. The van der Waals surface area contributed by atoms with Crippen LogP contribution in [-0.2, 0) is 26.1 Å². The molecule has 176 valence electrons. The second kappa shape index (κ2) is 9.48. The summed E-state index contributed by atoms with van der Waals surface area (Å²) in [6.45, 7) is 2.22. The number of aliphatic hydroxyl groups is 2. The third-order valence-electron chi connectivity index (χ3n) is 5.91. The van der Waals surface area contributed by atoms with Gasteiger partial charge in [-0.1, -0.05) is 0 Å². The van der Waals surface area contributed by atoms with Crippen LogP contribution in [0.2, 0.25) is 0 Å². The van der Waals surface area contributed by atoms with Crippen molar-refractivity contribution in [2.45, 2.75) is 39.9 Å². The summed E-state index contributed by atoms with van der Waals surface area (Å²) < 4.78 is 5.37. The Hall–Kier alpha value is -3.62. The van der Waals surface area contributed by atoms with Gasteiger partial charge >= 0.3 is 0 Å². The van der Waals surface area contributed by atoms with Crippen molar-refractivity contribution in [1.29, 1.82) is 0 Å². The molecule has 8 nitrogen and oxygen atoms in total. The van der Waals surface area contributed by atoms with Crippen LogP contribution in [0.3, 0.4) is 0 Å². The fraction of sp³-hybridized carbons (Fsp3) is 0.280. The van der Waals surface area contributed by atoms with Gasteiger partial charge in [-0.3, -0.25) is 0 Å². The fourth-order valence-corrected chi connectivity index (χ4v) is 3.92. The van der Waals surface area contributed by atoms with E-state index in [0.29, 0.717) is 28.0 Å². The van der Waals surface area contributed by atoms with Gasteiger partial charge in [0, 0.05) is 46.2 Å². The second-order valence-corrected chi connectivity index (χ2v) is 8.00. The summed E-state index contributed by atoms with van der Waals surface area (Å²) in [5.41, 5.74) is 2.59. The van der Waals surface area contributed by atoms with E-state index in [1.54, 1.807) is 12.1 Å². The van der Waals surface area contributed by atoms with Crippen molar-refractivity contribution in [1.82, 2.24) is 0 Å². The molecule has 0 bridgehead atoms. The summed E-state index contributed by atoms with van der Waals surface area (Å²) in [6.07, 6.45) is 0.164. The molecule has 33 heavy (non-hydrogen) atoms. The molecule has 0 aliphatic rings. The van der Waals surface area contributed by atoms with Gasteiger partial charge in [-0.2, -0.15) is 0 Å². The van der Waals surface area contributed by atoms with E-state index in [2.05, 4.69) is 0 Å². The van der Waals surface area contributed by atoms with Crippen molar-refractivity contribution in [2.75, 3.05) is 7.11 Å². The molecule has 0 heterocycles. The minimum Gasteiger partial charge on any atom is -0.507 e. The number of hydrogen-bond acceptors (Lipinski definition) is 8. The first-order valence-electron chi connectivity index (χ1n) is 10.3. The maximum absolute atomic E-state index is 11.0. The van der Waals surface area contributed by atoms with Crippen molar-refractivity contribution < 1.29 is 40.5 Å². The lowest BCUT2D eigenvalue weighted by Crippen LogP contribution is -2.00. The first-order chi connectivity index (χ1) is 15.6. The molecule has 0 aliphatic heterocycles. The van der Waals surface area contributed by atoms with E-state index < -0.39 is 13.2 Å². The zero-order valence-electron chi connectivity index (χ0n) is 18.7. The number of ether oxygens (including phenoxy) is 1. The van der Waals surface area contributed by atoms with E-state index in [9.17, 15) is 35.7 Å². The molecule has 0 saturated heterocycles. The summed E-state index contributed by atoms with van der Waals surface area (Å²) >= 11 is 0. The van der Waals surface area contributed by atoms with E-state index >= 15 is 0 Å². The monoisotopic (exact) mass is 456 g/mol. The minimum atomic E-state index is -0.415. The van der Waals surface area contributed by atoms with E-state index in [4.69, 9.17) is 4.74 Å². The largest absolute Gasteiger partial charge is 0.507 e. The molecule has 0 fully saturated rings. The van der Waals surface area contributed by atoms with Gasteiger partial charge in [-0.25, -0.2) is 0 Å². The van der Waals surface area contributed by atoms with Gasteiger partial charge in [-0.15, -0.1) is 0 Å². The van der Waals surface area contributed by atoms with E-state index in [1.165, 1.54) is 33.1 Å². The lowest BCUT2D eigenvalue weighted by atomic mass is 9.93. The summed E-state index contributed by atoms with van der Waals surface area (Å²) in [5.74, 6) is -0.310. The van der Waals surface area contributed by atoms with E-state index in [1.807, 2.05) is 0 Å². The van der Waals surface area contributed by atoms with Gasteiger partial charge in [0.05, 0.1) is 20.3 Å². The van der Waals surface area contributed by atoms with Gasteiger partial charge in [-0.05, 0) is 49.2 Å². The van der Waals surface area contributed by atoms with E-state index in [0.717, 1.165) is 0 Å². The molecule has 0 aliphatic carbocycles. The first kappa shape index (κ1) is 24.0. The van der Waals surface area contributed by atoms with Crippen LogP contribution >= 0.6 is 0 Å². The smallest absolute Gasteiger partial charge is 0.127 e. The third-order valence-corrected chi connectivity index (χ3v) is 5.91. The number of rotatable bonds is 7. The quantitative estimate of drug-likeness (QED) is 0.287. The number of phenolic OH excluding ortho intramolecular Hbond substituents is 3. The Morgan fingerprint density at radius 3 is 1.21 bits per heavy atom. The highest BCUT2D eigenvalue weighted by atomic mass is 16.5. The summed E-state index contributed by atoms with van der Waals surface area (Å²) in [5, 5.41) is 71.2. The number of phenols is 5. The Morgan fingerprint density at radius 1 is 0.545 bits per heavy atom. The maximum Gasteiger partial charge on any atom is 0.127 e. The van der Waals surface area contributed by atoms with Crippen molar-refractivity contribution in [3.8, 4) is 34.5 Å². The zero-order chi connectivity index (χ0) is 24.4. The van der Waals surface area contributed by atoms with Crippen LogP contribution in [0.1, 0.15) is 44.5 Å². The predicted octanol–water partition coefficient (Wildman–Crippen LogP) is 3.01. The third kappa shape index (κ3) is 4.48. The van der Waals surface area contributed by atoms with Crippen LogP contribution in [-0.4, -0.2) is 42.9 Å². The Labute approximate surface area is 191 Å². The highest BCUT2D eigenvalue weighted by Crippen LogP contribution is 2.40. The molecule has 0 atom stereocenters. The molecule has 7 N–H and O–H groups in total. The van der Waals surface area contributed by atoms with Crippen LogP contribution in [0.15, 0.2) is 24.3 Å². The minimum absolute atomic E-state index is 0.0813. The molecule has 3 aromatic rings. The summed E-state index contributed by atoms with van der Waals surface area (Å²) in [6, 6.07) is 6.16. The molecule has 0 saturated carbocycles. The van der Waals surface area contributed by atoms with Crippen LogP contribution in [0.5, 0.6) is 34.5 Å². The van der Waals surface area contributed by atoms with Gasteiger partial charge < -0.3 is 40.5 Å². The van der Waals surface area contributed by atoms with Crippen molar-refractivity contribution in [3.05, 3.63) is 68.8 Å². The predicted molar refractivity (Wildman–Crippen MR) is 121 cm³/mol. The van der Waals surface area contributed by atoms with Gasteiger partial charge in [0.1, 0.15) is 34.5 Å². The maximum atomic E-state index is 11.0. The summed E-state index contributed by atoms with van der Waals surface area (Å²) in [7, 11) is 1.47. The second-order valence-electron chi connectivity index (χ2n) is 8.00. The van der Waals surface area contributed by atoms with Crippen LogP contribution in [0.4, 0.5) is 0 Å². The number of methoxy groups -OCH3 is 1. The number of aromatic hydroxyl groups is 5. The van der Waals surface area contributed by atoms with Gasteiger partial charge in [0.25, 0.3) is 0 Å². The molecular formula is C25H28O8. The number of hydrogen-bond donors (Lipinski definition) is 7. The number of benzene rings is 3. The standard InChI is InChI=1S/C25H28O8/c1-12-21(28)14(6-18(10-26)23(12)30)4-16-8-20(33-3)9-17(25(16)32)5-15-7-19(11-27)24(31)13(2)22(15)29/h6-9,26-32H,4-5,10-11H2,1-3H3. The Bertz CT molecular complexity index is 1110. The van der Waals surface area contributed by atoms with Crippen molar-refractivity contribution in [3.63, 3.8) is 0 Å². The van der Waals surface area contributed by atoms with Gasteiger partial charge in [0.2, 0.25) is 0 Å². The highest BCUT2D eigenvalue weighted by molar-refractivity contribution is 5.58. The first-order valence-corrected chi connectivity index (χ1v) is 10.3. The fourth-order valence-electron chi connectivity index (χ4n) is 3.92. The van der Waals surface area contributed by atoms with Crippen LogP contribution < -0.4 is 4.74 Å². The Balaban J connectivity index is 2.09. The molecule has 0 amide bonds. The molecule has 8 heteroatoms. The molecule has 0 spiro atoms. The number of aliphatic hydroxyl groups excluding tert-OH is 2. The SMILES string of the molecule is COc1cc(Cc2cc(CO)c(O)c(C)c2O)c(O)c(Cc2cc(CO)c(O)c(C)c2O)c1. The molecular weight excluding hydrogens is 428 g/mol. The molecule has 3 rings (SSSR count). The Morgan fingerprint density at radius 2 is 0.879 bits per heavy atom. The molecule has 0 aromatic heterocycles. The van der Waals surface area contributed by atoms with E-state index in [-0.39, 0.29) is 63.8 Å². The van der Waals surface area contributed by atoms with Gasteiger partial charge in [0.15, 0.2) is 0 Å². The molecule has 0 radical (unpaired) electrons. The van der Waals surface area contributed by atoms with Crippen molar-refractivity contribution in [2.24, 2.45) is 0 Å². The average Bonchev–Trinajstić information content (AvgIpc) is 2.81. The van der Waals surface area contributed by atoms with Crippen LogP contribution in [0.25, 0.3) is 0 Å². The zero-order valence-corrected chi connectivity index (χ0v) is 18.7. The van der Waals surface area contributed by atoms with Crippen LogP contribution in [0, 0.1) is 13.8 Å². The lowest BCUT2D eigenvalue weighted by Gasteiger charge is -2.17. The topological polar surface area (TPSA) is 151 Å².